The lowest BCUT2D eigenvalue weighted by molar-refractivity contribution is -0.0793. The van der Waals surface area contributed by atoms with Crippen molar-refractivity contribution in [2.45, 2.75) is 20.4 Å². The van der Waals surface area contributed by atoms with Crippen molar-refractivity contribution in [3.63, 3.8) is 0 Å². The first kappa shape index (κ1) is 12.2. The molecule has 0 saturated carbocycles. The minimum atomic E-state index is -1.24. The molecule has 0 bridgehead atoms. The number of carbonyl (C=O) groups is 2. The number of rotatable bonds is 4. The van der Waals surface area contributed by atoms with E-state index in [1.54, 1.807) is 13.8 Å². The zero-order valence-corrected chi connectivity index (χ0v) is 8.90. The maximum atomic E-state index is 11.7. The molecular formula is C9H11FN2O4. The molecule has 88 valence electrons. The normalized spacial score (nSPS) is 9.94. The van der Waals surface area contributed by atoms with Crippen LogP contribution in [0, 0.1) is 0 Å². The van der Waals surface area contributed by atoms with Crippen molar-refractivity contribution >= 4 is 11.9 Å². The molecule has 0 radical (unpaired) electrons. The van der Waals surface area contributed by atoms with Gasteiger partial charge in [-0.2, -0.15) is 5.10 Å². The van der Waals surface area contributed by atoms with Gasteiger partial charge in [-0.3, -0.25) is 4.68 Å². The van der Waals surface area contributed by atoms with Gasteiger partial charge in [0.05, 0.1) is 6.61 Å². The molecule has 0 N–H and O–H groups in total. The SMILES string of the molecule is CCOC(=O)c1cc(C(=O)OF)nn1CC. The Kier molecular flexibility index (Phi) is 3.98. The number of aromatic nitrogens is 2. The Hall–Kier alpha value is -1.92. The molecule has 0 saturated heterocycles. The summed E-state index contributed by atoms with van der Waals surface area (Å²) >= 11 is 0. The number of halogens is 1. The van der Waals surface area contributed by atoms with E-state index < -0.39 is 11.9 Å². The second-order valence-corrected chi connectivity index (χ2v) is 2.82. The lowest BCUT2D eigenvalue weighted by atomic mass is 10.3. The number of nitrogens with zero attached hydrogens (tertiary/aromatic N) is 2. The summed E-state index contributed by atoms with van der Waals surface area (Å²) in [6.45, 7) is 3.94. The number of carbonyl (C=O) groups excluding carboxylic acids is 2. The maximum absolute atomic E-state index is 11.7. The Bertz CT molecular complexity index is 402. The second-order valence-electron chi connectivity index (χ2n) is 2.82. The highest BCUT2D eigenvalue weighted by Gasteiger charge is 2.20. The van der Waals surface area contributed by atoms with Crippen molar-refractivity contribution in [1.82, 2.24) is 9.78 Å². The van der Waals surface area contributed by atoms with Crippen molar-refractivity contribution in [3.8, 4) is 0 Å². The zero-order valence-electron chi connectivity index (χ0n) is 8.90. The predicted molar refractivity (Wildman–Crippen MR) is 50.4 cm³/mol. The highest BCUT2D eigenvalue weighted by molar-refractivity contribution is 5.93. The van der Waals surface area contributed by atoms with Gasteiger partial charge in [-0.05, 0) is 13.8 Å². The molecule has 0 aromatic carbocycles. The van der Waals surface area contributed by atoms with Gasteiger partial charge in [0, 0.05) is 17.1 Å². The summed E-state index contributed by atoms with van der Waals surface area (Å²) in [4.78, 5) is 25.3. The van der Waals surface area contributed by atoms with Gasteiger partial charge in [-0.1, -0.05) is 0 Å². The standard InChI is InChI=1S/C9H11FN2O4/c1-3-12-7(9(14)15-4-2)5-6(11-12)8(13)16-10/h5H,3-4H2,1-2H3. The molecule has 0 aliphatic carbocycles. The Morgan fingerprint density at radius 3 is 2.62 bits per heavy atom. The van der Waals surface area contributed by atoms with E-state index in [0.717, 1.165) is 6.07 Å². The number of hydrogen-bond donors (Lipinski definition) is 0. The summed E-state index contributed by atoms with van der Waals surface area (Å²) < 4.78 is 17.6. The van der Waals surface area contributed by atoms with Crippen molar-refractivity contribution in [2.24, 2.45) is 0 Å². The molecule has 0 amide bonds. The van der Waals surface area contributed by atoms with Crippen LogP contribution in [0.15, 0.2) is 6.07 Å². The van der Waals surface area contributed by atoms with Crippen LogP contribution >= 0.6 is 0 Å². The van der Waals surface area contributed by atoms with Crippen LogP contribution in [0.2, 0.25) is 0 Å². The third-order valence-electron chi connectivity index (χ3n) is 1.84. The van der Waals surface area contributed by atoms with Gasteiger partial charge in [0.25, 0.3) is 0 Å². The largest absolute Gasteiger partial charge is 0.461 e. The van der Waals surface area contributed by atoms with E-state index in [4.69, 9.17) is 4.74 Å². The second kappa shape index (κ2) is 5.24. The molecule has 7 heteroatoms. The molecule has 0 atom stereocenters. The van der Waals surface area contributed by atoms with E-state index in [2.05, 4.69) is 10.0 Å². The van der Waals surface area contributed by atoms with Crippen molar-refractivity contribution in [2.75, 3.05) is 6.61 Å². The highest BCUT2D eigenvalue weighted by Crippen LogP contribution is 2.08. The monoisotopic (exact) mass is 230 g/mol. The van der Waals surface area contributed by atoms with E-state index in [1.165, 1.54) is 4.68 Å². The van der Waals surface area contributed by atoms with Gasteiger partial charge in [0.1, 0.15) is 5.69 Å². The smallest absolute Gasteiger partial charge is 0.399 e. The van der Waals surface area contributed by atoms with Crippen molar-refractivity contribution < 1.29 is 23.8 Å². The number of esters is 1. The molecule has 0 spiro atoms. The topological polar surface area (TPSA) is 70.4 Å². The first-order chi connectivity index (χ1) is 7.63. The lowest BCUT2D eigenvalue weighted by Gasteiger charge is -2.02. The molecule has 1 rings (SSSR count). The van der Waals surface area contributed by atoms with Gasteiger partial charge < -0.3 is 4.74 Å². The van der Waals surface area contributed by atoms with Crippen LogP contribution in [-0.4, -0.2) is 28.3 Å². The van der Waals surface area contributed by atoms with E-state index in [0.29, 0.717) is 6.54 Å². The number of hydrogen-bond acceptors (Lipinski definition) is 5. The molecule has 0 aliphatic rings. The minimum absolute atomic E-state index is 0.0877. The Labute approximate surface area is 90.8 Å². The van der Waals surface area contributed by atoms with E-state index in [9.17, 15) is 14.1 Å². The van der Waals surface area contributed by atoms with Crippen LogP contribution in [0.3, 0.4) is 0 Å². The molecule has 6 nitrogen and oxygen atoms in total. The van der Waals surface area contributed by atoms with Crippen LogP contribution in [0.1, 0.15) is 34.8 Å². The van der Waals surface area contributed by atoms with E-state index in [-0.39, 0.29) is 18.0 Å². The fourth-order valence-corrected chi connectivity index (χ4v) is 1.17. The Morgan fingerprint density at radius 2 is 2.12 bits per heavy atom. The van der Waals surface area contributed by atoms with Gasteiger partial charge in [-0.15, -0.1) is 0 Å². The molecule has 1 heterocycles. The first-order valence-electron chi connectivity index (χ1n) is 4.71. The lowest BCUT2D eigenvalue weighted by Crippen LogP contribution is -2.12. The number of ether oxygens (including phenoxy) is 1. The Balaban J connectivity index is 3.03. The third-order valence-corrected chi connectivity index (χ3v) is 1.84. The van der Waals surface area contributed by atoms with Gasteiger partial charge in [0.15, 0.2) is 5.69 Å². The zero-order chi connectivity index (χ0) is 12.1. The molecule has 0 aliphatic heterocycles. The van der Waals surface area contributed by atoms with Gasteiger partial charge in [0.2, 0.25) is 0 Å². The summed E-state index contributed by atoms with van der Waals surface area (Å²) in [6, 6.07) is 1.13. The summed E-state index contributed by atoms with van der Waals surface area (Å²) in [7, 11) is 0. The predicted octanol–water partition coefficient (Wildman–Crippen LogP) is 1.12. The molecule has 16 heavy (non-hydrogen) atoms. The summed E-state index contributed by atoms with van der Waals surface area (Å²) in [5.41, 5.74) is -0.183. The minimum Gasteiger partial charge on any atom is -0.461 e. The maximum Gasteiger partial charge on any atom is 0.399 e. The van der Waals surface area contributed by atoms with Gasteiger partial charge in [-0.25, -0.2) is 14.5 Å². The average Bonchev–Trinajstić information content (AvgIpc) is 2.72. The van der Waals surface area contributed by atoms with Gasteiger partial charge >= 0.3 is 11.9 Å². The molecule has 1 aromatic rings. The summed E-state index contributed by atoms with van der Waals surface area (Å²) in [5.74, 6) is -1.85. The van der Waals surface area contributed by atoms with Crippen molar-refractivity contribution in [3.05, 3.63) is 17.5 Å². The summed E-state index contributed by atoms with van der Waals surface area (Å²) in [5, 5.41) is 3.70. The fraction of sp³-hybridized carbons (Fsp3) is 0.444. The fourth-order valence-electron chi connectivity index (χ4n) is 1.17. The van der Waals surface area contributed by atoms with Crippen LogP contribution in [-0.2, 0) is 16.2 Å². The van der Waals surface area contributed by atoms with Crippen molar-refractivity contribution in [1.29, 1.82) is 0 Å². The van der Waals surface area contributed by atoms with Crippen LogP contribution in [0.25, 0.3) is 0 Å². The van der Waals surface area contributed by atoms with Crippen LogP contribution in [0.5, 0.6) is 0 Å². The molecule has 0 fully saturated rings. The first-order valence-corrected chi connectivity index (χ1v) is 4.71. The molecular weight excluding hydrogens is 219 g/mol. The van der Waals surface area contributed by atoms with Crippen LogP contribution in [0.4, 0.5) is 4.53 Å². The number of aryl methyl sites for hydroxylation is 1. The third kappa shape index (κ3) is 2.36. The quantitative estimate of drug-likeness (QED) is 0.725. The highest BCUT2D eigenvalue weighted by atomic mass is 19.3. The van der Waals surface area contributed by atoms with E-state index >= 15 is 0 Å². The Morgan fingerprint density at radius 1 is 1.44 bits per heavy atom. The van der Waals surface area contributed by atoms with E-state index in [1.807, 2.05) is 0 Å². The van der Waals surface area contributed by atoms with Crippen LogP contribution < -0.4 is 0 Å². The molecule has 1 aromatic heterocycles. The molecule has 0 unspecified atom stereocenters. The summed E-state index contributed by atoms with van der Waals surface area (Å²) in [6.07, 6.45) is 0. The average molecular weight is 230 g/mol.